The van der Waals surface area contributed by atoms with Crippen molar-refractivity contribution in [2.45, 2.75) is 19.9 Å². The summed E-state index contributed by atoms with van der Waals surface area (Å²) in [6.45, 7) is 9.74. The van der Waals surface area contributed by atoms with Crippen molar-refractivity contribution in [1.82, 2.24) is 5.32 Å². The van der Waals surface area contributed by atoms with Gasteiger partial charge in [0.25, 0.3) is 0 Å². The lowest BCUT2D eigenvalue weighted by Gasteiger charge is -2.47. The van der Waals surface area contributed by atoms with Crippen molar-refractivity contribution in [3.05, 3.63) is 22.7 Å². The lowest BCUT2D eigenvalue weighted by Crippen LogP contribution is -2.59. The molecule has 1 unspecified atom stereocenters. The Hall–Kier alpha value is -0.930. The quantitative estimate of drug-likeness (QED) is 0.840. The van der Waals surface area contributed by atoms with Gasteiger partial charge in [-0.15, -0.1) is 0 Å². The minimum atomic E-state index is 0.573. The molecule has 2 heterocycles. The fourth-order valence-electron chi connectivity index (χ4n) is 3.15. The summed E-state index contributed by atoms with van der Waals surface area (Å²) in [4.78, 5) is 5.01. The molecule has 1 saturated heterocycles. The summed E-state index contributed by atoms with van der Waals surface area (Å²) in [5.74, 6) is 0. The minimum Gasteiger partial charge on any atom is -0.368 e. The molecule has 0 amide bonds. The molecule has 2 aliphatic heterocycles. The van der Waals surface area contributed by atoms with Crippen molar-refractivity contribution in [3.63, 3.8) is 0 Å². The topological polar surface area (TPSA) is 18.5 Å². The lowest BCUT2D eigenvalue weighted by atomic mass is 10.0. The van der Waals surface area contributed by atoms with E-state index in [1.165, 1.54) is 16.9 Å². The second-order valence-electron chi connectivity index (χ2n) is 5.13. The van der Waals surface area contributed by atoms with E-state index in [0.29, 0.717) is 6.04 Å². The maximum Gasteiger partial charge on any atom is 0.0652 e. The van der Waals surface area contributed by atoms with E-state index >= 15 is 0 Å². The van der Waals surface area contributed by atoms with Gasteiger partial charge >= 0.3 is 0 Å². The number of rotatable bonds is 1. The zero-order chi connectivity index (χ0) is 12.7. The van der Waals surface area contributed by atoms with E-state index in [-0.39, 0.29) is 0 Å². The van der Waals surface area contributed by atoms with E-state index in [4.69, 9.17) is 11.6 Å². The first-order chi connectivity index (χ1) is 8.72. The highest BCUT2D eigenvalue weighted by atomic mass is 35.5. The van der Waals surface area contributed by atoms with Crippen molar-refractivity contribution < 1.29 is 0 Å². The Kier molecular flexibility index (Phi) is 3.12. The smallest absolute Gasteiger partial charge is 0.0652 e. The molecule has 1 aromatic carbocycles. The minimum absolute atomic E-state index is 0.573. The number of nitrogens with zero attached hydrogens (tertiary/aromatic N) is 2. The molecule has 3 rings (SSSR count). The summed E-state index contributed by atoms with van der Waals surface area (Å²) in [5.41, 5.74) is 3.92. The molecule has 1 fully saturated rings. The maximum absolute atomic E-state index is 6.31. The summed E-state index contributed by atoms with van der Waals surface area (Å²) in [6, 6.07) is 4.77. The number of hydrogen-bond acceptors (Lipinski definition) is 3. The largest absolute Gasteiger partial charge is 0.368 e. The van der Waals surface area contributed by atoms with Crippen LogP contribution in [0.3, 0.4) is 0 Å². The van der Waals surface area contributed by atoms with Gasteiger partial charge in [-0.1, -0.05) is 11.6 Å². The number of anilines is 2. The van der Waals surface area contributed by atoms with Crippen molar-refractivity contribution in [3.8, 4) is 0 Å². The van der Waals surface area contributed by atoms with E-state index in [0.717, 1.165) is 37.7 Å². The van der Waals surface area contributed by atoms with E-state index in [1.807, 2.05) is 6.07 Å². The number of halogens is 1. The van der Waals surface area contributed by atoms with Crippen LogP contribution in [0.1, 0.15) is 12.5 Å². The summed E-state index contributed by atoms with van der Waals surface area (Å²) in [7, 11) is 0. The van der Waals surface area contributed by atoms with Gasteiger partial charge in [0.2, 0.25) is 0 Å². The van der Waals surface area contributed by atoms with Crippen LogP contribution in [0.5, 0.6) is 0 Å². The zero-order valence-corrected chi connectivity index (χ0v) is 11.8. The van der Waals surface area contributed by atoms with Gasteiger partial charge in [0.05, 0.1) is 17.4 Å². The van der Waals surface area contributed by atoms with Crippen LogP contribution >= 0.6 is 11.6 Å². The lowest BCUT2D eigenvalue weighted by molar-refractivity contribution is 0.460. The Morgan fingerprint density at radius 2 is 2.28 bits per heavy atom. The molecular weight excluding hydrogens is 246 g/mol. The molecule has 0 bridgehead atoms. The predicted octanol–water partition coefficient (Wildman–Crippen LogP) is 2.27. The number of fused-ring (bicyclic) bond motifs is 3. The Labute approximate surface area is 114 Å². The van der Waals surface area contributed by atoms with Crippen molar-refractivity contribution >= 4 is 23.0 Å². The number of hydrogen-bond donors (Lipinski definition) is 1. The molecule has 2 aliphatic rings. The van der Waals surface area contributed by atoms with Gasteiger partial charge in [0.15, 0.2) is 0 Å². The number of nitrogens with one attached hydrogen (secondary N) is 1. The van der Waals surface area contributed by atoms with Gasteiger partial charge in [-0.25, -0.2) is 0 Å². The van der Waals surface area contributed by atoms with Crippen LogP contribution in [0, 0.1) is 6.92 Å². The molecule has 1 atom stereocenters. The third kappa shape index (κ3) is 1.77. The number of likely N-dealkylation sites (N-methyl/N-ethyl adjacent to an activating group) is 1. The Morgan fingerprint density at radius 3 is 3.06 bits per heavy atom. The highest BCUT2D eigenvalue weighted by molar-refractivity contribution is 6.32. The van der Waals surface area contributed by atoms with Crippen LogP contribution in [0.25, 0.3) is 0 Å². The Bertz CT molecular complexity index is 461. The van der Waals surface area contributed by atoms with Gasteiger partial charge in [-0.3, -0.25) is 0 Å². The molecule has 1 N–H and O–H groups in total. The summed E-state index contributed by atoms with van der Waals surface area (Å²) in [5, 5.41) is 4.37. The first-order valence-corrected chi connectivity index (χ1v) is 7.11. The normalized spacial score (nSPS) is 22.7. The molecule has 0 saturated carbocycles. The third-order valence-corrected chi connectivity index (χ3v) is 4.54. The molecule has 4 heteroatoms. The third-order valence-electron chi connectivity index (χ3n) is 4.13. The van der Waals surface area contributed by atoms with Crippen LogP contribution in [0.2, 0.25) is 5.02 Å². The predicted molar refractivity (Wildman–Crippen MR) is 78.1 cm³/mol. The first kappa shape index (κ1) is 12.1. The summed E-state index contributed by atoms with van der Waals surface area (Å²) in [6.07, 6.45) is 0. The SMILES string of the molecule is CCN1CC2CNCCN2c2c1ccc(Cl)c2C. The van der Waals surface area contributed by atoms with Gasteiger partial charge in [0.1, 0.15) is 0 Å². The van der Waals surface area contributed by atoms with Crippen LogP contribution in [-0.2, 0) is 0 Å². The van der Waals surface area contributed by atoms with Gasteiger partial charge in [0, 0.05) is 37.7 Å². The Balaban J connectivity index is 2.12. The van der Waals surface area contributed by atoms with Crippen LogP contribution < -0.4 is 15.1 Å². The van der Waals surface area contributed by atoms with E-state index in [9.17, 15) is 0 Å². The maximum atomic E-state index is 6.31. The van der Waals surface area contributed by atoms with Crippen molar-refractivity contribution in [1.29, 1.82) is 0 Å². The highest BCUT2D eigenvalue weighted by Gasteiger charge is 2.33. The molecule has 0 spiro atoms. The fourth-order valence-corrected chi connectivity index (χ4v) is 3.30. The van der Waals surface area contributed by atoms with Crippen molar-refractivity contribution in [2.24, 2.45) is 0 Å². The average molecular weight is 266 g/mol. The second-order valence-corrected chi connectivity index (χ2v) is 5.54. The Morgan fingerprint density at radius 1 is 1.44 bits per heavy atom. The summed E-state index contributed by atoms with van der Waals surface area (Å²) >= 11 is 6.31. The highest BCUT2D eigenvalue weighted by Crippen LogP contribution is 2.41. The van der Waals surface area contributed by atoms with Gasteiger partial charge in [-0.05, 0) is 31.5 Å². The monoisotopic (exact) mass is 265 g/mol. The van der Waals surface area contributed by atoms with Crippen molar-refractivity contribution in [2.75, 3.05) is 42.5 Å². The summed E-state index contributed by atoms with van der Waals surface area (Å²) < 4.78 is 0. The molecular formula is C14H20ClN3. The molecule has 0 aliphatic carbocycles. The van der Waals surface area contributed by atoms with Crippen LogP contribution in [-0.4, -0.2) is 38.8 Å². The number of piperazine rings is 1. The first-order valence-electron chi connectivity index (χ1n) is 6.73. The van der Waals surface area contributed by atoms with Crippen LogP contribution in [0.15, 0.2) is 12.1 Å². The van der Waals surface area contributed by atoms with Crippen LogP contribution in [0.4, 0.5) is 11.4 Å². The fraction of sp³-hybridized carbons (Fsp3) is 0.571. The molecule has 98 valence electrons. The van der Waals surface area contributed by atoms with E-state index in [1.54, 1.807) is 0 Å². The molecule has 1 aromatic rings. The standard InChI is InChI=1S/C14H20ClN3/c1-3-17-9-11-8-16-6-7-18(11)14-10(2)12(15)4-5-13(14)17/h4-5,11,16H,3,6-9H2,1-2H3. The molecule has 18 heavy (non-hydrogen) atoms. The average Bonchev–Trinajstić information content (AvgIpc) is 2.41. The van der Waals surface area contributed by atoms with Gasteiger partial charge < -0.3 is 15.1 Å². The number of benzene rings is 1. The molecule has 0 radical (unpaired) electrons. The second kappa shape index (κ2) is 4.63. The van der Waals surface area contributed by atoms with Gasteiger partial charge in [-0.2, -0.15) is 0 Å². The zero-order valence-electron chi connectivity index (χ0n) is 11.0. The molecule has 0 aromatic heterocycles. The molecule has 3 nitrogen and oxygen atoms in total. The van der Waals surface area contributed by atoms with E-state index in [2.05, 4.69) is 35.0 Å². The van der Waals surface area contributed by atoms with E-state index < -0.39 is 0 Å².